The van der Waals surface area contributed by atoms with Gasteiger partial charge in [0, 0.05) is 18.8 Å². The monoisotopic (exact) mass is 570 g/mol. The Morgan fingerprint density at radius 1 is 1.02 bits per heavy atom. The third-order valence-electron chi connectivity index (χ3n) is 10.3. The summed E-state index contributed by atoms with van der Waals surface area (Å²) >= 11 is 0. The number of fused-ring (bicyclic) bond motifs is 5. The fraction of sp³-hybridized carbons (Fsp3) is 0.759. The number of ether oxygens (including phenoxy) is 3. The first-order valence-corrected chi connectivity index (χ1v) is 13.9. The smallest absolute Gasteiger partial charge is 0.458 e. The highest BCUT2D eigenvalue weighted by molar-refractivity contribution is 5.93. The van der Waals surface area contributed by atoms with Crippen LogP contribution in [0.25, 0.3) is 0 Å². The molecule has 11 heteroatoms. The third kappa shape index (κ3) is 5.09. The summed E-state index contributed by atoms with van der Waals surface area (Å²) in [4.78, 5) is 61.4. The Morgan fingerprint density at radius 2 is 1.70 bits per heavy atom. The molecule has 40 heavy (non-hydrogen) atoms. The average molecular weight is 571 g/mol. The lowest BCUT2D eigenvalue weighted by atomic mass is 9.44. The van der Waals surface area contributed by atoms with Gasteiger partial charge in [-0.3, -0.25) is 19.2 Å². The van der Waals surface area contributed by atoms with Crippen LogP contribution in [0.15, 0.2) is 11.6 Å². The van der Waals surface area contributed by atoms with Crippen molar-refractivity contribution in [3.8, 4) is 0 Å². The Kier molecular flexibility index (Phi) is 8.01. The zero-order chi connectivity index (χ0) is 29.7. The first-order chi connectivity index (χ1) is 18.5. The normalized spacial score (nSPS) is 36.9. The van der Waals surface area contributed by atoms with E-state index in [2.05, 4.69) is 18.6 Å². The van der Waals surface area contributed by atoms with E-state index >= 15 is 0 Å². The fourth-order valence-corrected chi connectivity index (χ4v) is 8.50. The van der Waals surface area contributed by atoms with Gasteiger partial charge in [-0.15, -0.1) is 0 Å². The lowest BCUT2D eigenvalue weighted by molar-refractivity contribution is -0.202. The number of carbonyl (C=O) groups is 5. The predicted molar refractivity (Wildman–Crippen MR) is 133 cm³/mol. The Morgan fingerprint density at radius 3 is 2.35 bits per heavy atom. The van der Waals surface area contributed by atoms with E-state index in [0.717, 1.165) is 26.2 Å². The molecule has 0 aromatic rings. The Hall–Kier alpha value is -2.72. The first kappa shape index (κ1) is 30.2. The van der Waals surface area contributed by atoms with Crippen LogP contribution >= 0.6 is 0 Å². The standard InChI is InChI=1S/C29H37F3O8/c1-16-13-19-20(26(3)9-5-18(34)14-22(16)26)6-10-27(4)21(19)7-11-28(27,23(35)15-39-17(2)33)40-24(36)8-12-38-25(37)29(30,31)32/h14,16,19-21H,5-13,15H2,1-4H3/t16-,19+,20-,21-,26+,27-,28-/m0/s1. The second-order valence-electron chi connectivity index (χ2n) is 12.4. The van der Waals surface area contributed by atoms with E-state index in [1.54, 1.807) is 0 Å². The fourth-order valence-electron chi connectivity index (χ4n) is 8.50. The quantitative estimate of drug-likeness (QED) is 0.321. The van der Waals surface area contributed by atoms with Gasteiger partial charge in [0.25, 0.3) is 0 Å². The molecule has 0 saturated heterocycles. The van der Waals surface area contributed by atoms with Crippen LogP contribution < -0.4 is 0 Å². The number of rotatable bonds is 7. The van der Waals surface area contributed by atoms with Gasteiger partial charge in [-0.1, -0.05) is 26.3 Å². The molecule has 3 fully saturated rings. The van der Waals surface area contributed by atoms with Crippen molar-refractivity contribution in [1.82, 2.24) is 0 Å². The van der Waals surface area contributed by atoms with Crippen molar-refractivity contribution in [3.63, 3.8) is 0 Å². The van der Waals surface area contributed by atoms with Crippen LogP contribution in [0, 0.1) is 34.5 Å². The number of Topliss-reactive ketones (excluding diaryl/α,β-unsaturated/α-hetero) is 1. The lowest BCUT2D eigenvalue weighted by Gasteiger charge is -2.60. The molecule has 0 amide bonds. The topological polar surface area (TPSA) is 113 Å². The minimum atomic E-state index is -5.19. The Balaban J connectivity index is 1.60. The van der Waals surface area contributed by atoms with Crippen molar-refractivity contribution in [2.24, 2.45) is 34.5 Å². The zero-order valence-corrected chi connectivity index (χ0v) is 23.4. The second-order valence-corrected chi connectivity index (χ2v) is 12.4. The molecule has 8 nitrogen and oxygen atoms in total. The highest BCUT2D eigenvalue weighted by atomic mass is 19.4. The van der Waals surface area contributed by atoms with Crippen molar-refractivity contribution in [2.45, 2.75) is 90.8 Å². The van der Waals surface area contributed by atoms with E-state index < -0.39 is 60.5 Å². The Bertz CT molecular complexity index is 1130. The summed E-state index contributed by atoms with van der Waals surface area (Å²) in [6, 6.07) is 0. The van der Waals surface area contributed by atoms with Gasteiger partial charge in [-0.25, -0.2) is 4.79 Å². The number of hydrogen-bond donors (Lipinski definition) is 0. The maximum absolute atomic E-state index is 13.7. The lowest BCUT2D eigenvalue weighted by Crippen LogP contribution is -2.60. The molecule has 4 aliphatic carbocycles. The highest BCUT2D eigenvalue weighted by Crippen LogP contribution is 2.69. The minimum absolute atomic E-state index is 0.00170. The number of esters is 3. The summed E-state index contributed by atoms with van der Waals surface area (Å²) in [6.07, 6.45) is 0.148. The first-order valence-electron chi connectivity index (χ1n) is 13.9. The molecule has 3 saturated carbocycles. The largest absolute Gasteiger partial charge is 0.490 e. The van der Waals surface area contributed by atoms with Crippen LogP contribution in [0.4, 0.5) is 13.2 Å². The number of carbonyl (C=O) groups excluding carboxylic acids is 5. The molecule has 0 radical (unpaired) electrons. The zero-order valence-electron chi connectivity index (χ0n) is 23.4. The summed E-state index contributed by atoms with van der Waals surface area (Å²) in [5.74, 6) is -3.78. The van der Waals surface area contributed by atoms with E-state index in [1.807, 2.05) is 13.0 Å². The van der Waals surface area contributed by atoms with E-state index in [9.17, 15) is 37.1 Å². The van der Waals surface area contributed by atoms with Gasteiger partial charge >= 0.3 is 24.1 Å². The molecule has 0 spiro atoms. The van der Waals surface area contributed by atoms with Crippen LogP contribution in [0.3, 0.4) is 0 Å². The van der Waals surface area contributed by atoms with Gasteiger partial charge in [0.05, 0.1) is 6.42 Å². The molecule has 0 heterocycles. The van der Waals surface area contributed by atoms with E-state index in [1.165, 1.54) is 5.57 Å². The SMILES string of the molecule is CC(=O)OCC(=O)[C@@]1(OC(=O)CCOC(=O)C(F)(F)F)CC[C@H]2[C@@H]3C[C@H](C)C4=CC(=O)CC[C@]4(C)[C@H]3CC[C@@]21C. The highest BCUT2D eigenvalue weighted by Gasteiger charge is 2.69. The summed E-state index contributed by atoms with van der Waals surface area (Å²) in [5.41, 5.74) is -1.37. The van der Waals surface area contributed by atoms with Crippen molar-refractivity contribution in [1.29, 1.82) is 0 Å². The van der Waals surface area contributed by atoms with Gasteiger partial charge in [-0.2, -0.15) is 13.2 Å². The van der Waals surface area contributed by atoms with Gasteiger partial charge in [-0.05, 0) is 73.7 Å². The van der Waals surface area contributed by atoms with Crippen molar-refractivity contribution in [2.75, 3.05) is 13.2 Å². The summed E-state index contributed by atoms with van der Waals surface area (Å²) in [5, 5.41) is 0. The van der Waals surface area contributed by atoms with Gasteiger partial charge in [0.15, 0.2) is 18.0 Å². The number of hydrogen-bond acceptors (Lipinski definition) is 8. The maximum Gasteiger partial charge on any atom is 0.490 e. The van der Waals surface area contributed by atoms with Crippen LogP contribution in [0.5, 0.6) is 0 Å². The summed E-state index contributed by atoms with van der Waals surface area (Å²) < 4.78 is 52.4. The summed E-state index contributed by atoms with van der Waals surface area (Å²) in [6.45, 7) is 6.01. The predicted octanol–water partition coefficient (Wildman–Crippen LogP) is 4.67. The average Bonchev–Trinajstić information content (AvgIpc) is 3.16. The van der Waals surface area contributed by atoms with E-state index in [4.69, 9.17) is 9.47 Å². The number of alkyl halides is 3. The molecule has 0 bridgehead atoms. The molecule has 0 aliphatic heterocycles. The van der Waals surface area contributed by atoms with Crippen LogP contribution in [0.2, 0.25) is 0 Å². The summed E-state index contributed by atoms with van der Waals surface area (Å²) in [7, 11) is 0. The van der Waals surface area contributed by atoms with Crippen LogP contribution in [-0.4, -0.2) is 54.5 Å². The van der Waals surface area contributed by atoms with Crippen LogP contribution in [0.1, 0.15) is 79.1 Å². The number of allylic oxidation sites excluding steroid dienone is 1. The molecule has 0 aromatic carbocycles. The van der Waals surface area contributed by atoms with Gasteiger partial charge in [0.1, 0.15) is 6.61 Å². The minimum Gasteiger partial charge on any atom is -0.458 e. The molecule has 0 unspecified atom stereocenters. The third-order valence-corrected chi connectivity index (χ3v) is 10.3. The van der Waals surface area contributed by atoms with Crippen molar-refractivity contribution >= 4 is 29.5 Å². The molecule has 222 valence electrons. The molecule has 7 atom stereocenters. The molecule has 4 aliphatic rings. The van der Waals surface area contributed by atoms with Crippen LogP contribution in [-0.2, 0) is 38.2 Å². The van der Waals surface area contributed by atoms with E-state index in [-0.39, 0.29) is 41.3 Å². The van der Waals surface area contributed by atoms with Gasteiger partial charge in [0.2, 0.25) is 5.78 Å². The molecule has 0 N–H and O–H groups in total. The van der Waals surface area contributed by atoms with Gasteiger partial charge < -0.3 is 14.2 Å². The van der Waals surface area contributed by atoms with Crippen molar-refractivity contribution in [3.05, 3.63) is 11.6 Å². The number of halogens is 3. The maximum atomic E-state index is 13.7. The van der Waals surface area contributed by atoms with Crippen molar-refractivity contribution < 1.29 is 51.4 Å². The molecular weight excluding hydrogens is 533 g/mol. The number of ketones is 2. The molecule has 0 aromatic heterocycles. The van der Waals surface area contributed by atoms with E-state index in [0.29, 0.717) is 19.3 Å². The second kappa shape index (κ2) is 10.6. The Labute approximate surface area is 231 Å². The molecule has 4 rings (SSSR count). The molecular formula is C29H37F3O8.